The van der Waals surface area contributed by atoms with Crippen molar-refractivity contribution in [3.63, 3.8) is 0 Å². The van der Waals surface area contributed by atoms with Gasteiger partial charge in [-0.05, 0) is 20.3 Å². The van der Waals surface area contributed by atoms with Gasteiger partial charge in [-0.2, -0.15) is 0 Å². The number of nitrogens with two attached hydrogens (primary N) is 1. The molecular formula is C9H21NO3. The highest BCUT2D eigenvalue weighted by Gasteiger charge is 1.88. The first-order valence-corrected chi connectivity index (χ1v) is 4.68. The normalized spacial score (nSPS) is 8.54. The summed E-state index contributed by atoms with van der Waals surface area (Å²) in [5, 5.41) is 0. The zero-order chi connectivity index (χ0) is 10.5. The summed E-state index contributed by atoms with van der Waals surface area (Å²) < 4.78 is 9.25. The van der Waals surface area contributed by atoms with Crippen LogP contribution in [0.25, 0.3) is 0 Å². The Morgan fingerprint density at radius 2 is 1.77 bits per heavy atom. The Morgan fingerprint density at radius 1 is 1.23 bits per heavy atom. The minimum Gasteiger partial charge on any atom is -0.450 e. The van der Waals surface area contributed by atoms with Gasteiger partial charge in [-0.3, -0.25) is 0 Å². The molecule has 0 aromatic rings. The van der Waals surface area contributed by atoms with Crippen LogP contribution in [-0.2, 0) is 9.47 Å². The first kappa shape index (κ1) is 14.7. The number of amides is 1. The Bertz CT molecular complexity index is 105. The monoisotopic (exact) mass is 191 g/mol. The molecule has 0 aliphatic heterocycles. The van der Waals surface area contributed by atoms with E-state index in [0.29, 0.717) is 6.61 Å². The summed E-state index contributed by atoms with van der Waals surface area (Å²) in [4.78, 5) is 9.87. The summed E-state index contributed by atoms with van der Waals surface area (Å²) in [6.45, 7) is 8.14. The van der Waals surface area contributed by atoms with Crippen LogP contribution in [0.2, 0.25) is 0 Å². The first-order valence-electron chi connectivity index (χ1n) is 4.68. The van der Waals surface area contributed by atoms with E-state index in [0.717, 1.165) is 26.1 Å². The predicted molar refractivity (Wildman–Crippen MR) is 52.6 cm³/mol. The maximum atomic E-state index is 9.87. The topological polar surface area (TPSA) is 61.5 Å². The lowest BCUT2D eigenvalue weighted by molar-refractivity contribution is 0.155. The molecular weight excluding hydrogens is 170 g/mol. The predicted octanol–water partition coefficient (Wildman–Crippen LogP) is 1.92. The number of carbonyl (C=O) groups excluding carboxylic acids is 1. The third kappa shape index (κ3) is 24.6. The Kier molecular flexibility index (Phi) is 15.6. The highest BCUT2D eigenvalue weighted by Crippen LogP contribution is 1.85. The van der Waals surface area contributed by atoms with Gasteiger partial charge in [0, 0.05) is 13.2 Å². The lowest BCUT2D eigenvalue weighted by Gasteiger charge is -1.95. The van der Waals surface area contributed by atoms with Gasteiger partial charge in [0.2, 0.25) is 0 Å². The fraction of sp³-hybridized carbons (Fsp3) is 0.889. The van der Waals surface area contributed by atoms with Gasteiger partial charge in [0.25, 0.3) is 0 Å². The number of carbonyl (C=O) groups is 1. The number of unbranched alkanes of at least 4 members (excludes halogenated alkanes) is 1. The van der Waals surface area contributed by atoms with E-state index in [-0.39, 0.29) is 0 Å². The third-order valence-corrected chi connectivity index (χ3v) is 1.15. The van der Waals surface area contributed by atoms with E-state index in [9.17, 15) is 4.79 Å². The lowest BCUT2D eigenvalue weighted by atomic mass is 10.4. The van der Waals surface area contributed by atoms with Crippen molar-refractivity contribution in [2.24, 2.45) is 5.73 Å². The molecule has 4 heteroatoms. The van der Waals surface area contributed by atoms with Crippen molar-refractivity contribution in [1.29, 1.82) is 0 Å². The maximum absolute atomic E-state index is 9.87. The molecule has 2 N–H and O–H groups in total. The average molecular weight is 191 g/mol. The Labute approximate surface area is 80.4 Å². The van der Waals surface area contributed by atoms with E-state index in [1.807, 2.05) is 20.8 Å². The van der Waals surface area contributed by atoms with Crippen LogP contribution in [-0.4, -0.2) is 25.9 Å². The Morgan fingerprint density at radius 3 is 2.00 bits per heavy atom. The van der Waals surface area contributed by atoms with Crippen LogP contribution in [0.3, 0.4) is 0 Å². The first-order chi connectivity index (χ1) is 6.18. The van der Waals surface area contributed by atoms with Gasteiger partial charge in [-0.15, -0.1) is 0 Å². The van der Waals surface area contributed by atoms with Gasteiger partial charge in [-0.25, -0.2) is 4.79 Å². The second-order valence-corrected chi connectivity index (χ2v) is 2.30. The molecule has 0 aliphatic carbocycles. The summed E-state index contributed by atoms with van der Waals surface area (Å²) in [7, 11) is 0. The summed E-state index contributed by atoms with van der Waals surface area (Å²) >= 11 is 0. The number of primary amides is 1. The fourth-order valence-electron chi connectivity index (χ4n) is 0.521. The molecule has 0 heterocycles. The van der Waals surface area contributed by atoms with E-state index in [1.54, 1.807) is 0 Å². The van der Waals surface area contributed by atoms with E-state index in [4.69, 9.17) is 4.74 Å². The average Bonchev–Trinajstić information content (AvgIpc) is 2.07. The third-order valence-electron chi connectivity index (χ3n) is 1.15. The fourth-order valence-corrected chi connectivity index (χ4v) is 0.521. The van der Waals surface area contributed by atoms with Crippen molar-refractivity contribution in [2.45, 2.75) is 33.6 Å². The minimum absolute atomic E-state index is 0.450. The summed E-state index contributed by atoms with van der Waals surface area (Å²) in [6, 6.07) is 0. The Hall–Kier alpha value is -0.770. The van der Waals surface area contributed by atoms with Crippen molar-refractivity contribution in [3.05, 3.63) is 0 Å². The summed E-state index contributed by atoms with van der Waals surface area (Å²) in [5.41, 5.74) is 4.67. The van der Waals surface area contributed by atoms with E-state index >= 15 is 0 Å². The van der Waals surface area contributed by atoms with E-state index < -0.39 is 6.09 Å². The van der Waals surface area contributed by atoms with Gasteiger partial charge in [0.15, 0.2) is 0 Å². The number of rotatable bonds is 5. The molecule has 0 aromatic heterocycles. The summed E-state index contributed by atoms with van der Waals surface area (Å²) in [5.74, 6) is 0. The van der Waals surface area contributed by atoms with Crippen LogP contribution in [0.15, 0.2) is 0 Å². The number of hydrogen-bond donors (Lipinski definition) is 1. The molecule has 0 saturated carbocycles. The summed E-state index contributed by atoms with van der Waals surface area (Å²) in [6.07, 6.45) is 1.23. The van der Waals surface area contributed by atoms with Gasteiger partial charge in [0.1, 0.15) is 0 Å². The van der Waals surface area contributed by atoms with Crippen LogP contribution < -0.4 is 5.73 Å². The molecule has 0 fully saturated rings. The van der Waals surface area contributed by atoms with E-state index in [2.05, 4.69) is 10.5 Å². The quantitative estimate of drug-likeness (QED) is 0.675. The van der Waals surface area contributed by atoms with Crippen LogP contribution in [0.1, 0.15) is 33.6 Å². The molecule has 1 amide bonds. The van der Waals surface area contributed by atoms with Crippen molar-refractivity contribution in [1.82, 2.24) is 0 Å². The van der Waals surface area contributed by atoms with Gasteiger partial charge in [-0.1, -0.05) is 13.3 Å². The molecule has 0 aromatic carbocycles. The molecule has 0 radical (unpaired) electrons. The van der Waals surface area contributed by atoms with Gasteiger partial charge in [0.05, 0.1) is 6.61 Å². The Balaban J connectivity index is 0. The highest BCUT2D eigenvalue weighted by molar-refractivity contribution is 5.64. The zero-order valence-electron chi connectivity index (χ0n) is 8.84. The molecule has 0 spiro atoms. The second kappa shape index (κ2) is 13.8. The molecule has 0 bridgehead atoms. The number of ether oxygens (including phenoxy) is 2. The molecule has 13 heavy (non-hydrogen) atoms. The molecule has 4 nitrogen and oxygen atoms in total. The molecule has 0 unspecified atom stereocenters. The van der Waals surface area contributed by atoms with Crippen molar-refractivity contribution in [3.8, 4) is 0 Å². The SMILES string of the molecule is CCCCOC(N)=O.CCOCC. The van der Waals surface area contributed by atoms with Crippen LogP contribution in [0, 0.1) is 0 Å². The van der Waals surface area contributed by atoms with Crippen molar-refractivity contribution >= 4 is 6.09 Å². The van der Waals surface area contributed by atoms with Gasteiger partial charge >= 0.3 is 6.09 Å². The number of hydrogen-bond acceptors (Lipinski definition) is 3. The van der Waals surface area contributed by atoms with Crippen LogP contribution in [0.5, 0.6) is 0 Å². The lowest BCUT2D eigenvalue weighted by Crippen LogP contribution is -2.13. The maximum Gasteiger partial charge on any atom is 0.404 e. The van der Waals surface area contributed by atoms with Crippen molar-refractivity contribution < 1.29 is 14.3 Å². The smallest absolute Gasteiger partial charge is 0.404 e. The van der Waals surface area contributed by atoms with E-state index in [1.165, 1.54) is 0 Å². The molecule has 0 atom stereocenters. The van der Waals surface area contributed by atoms with Crippen LogP contribution >= 0.6 is 0 Å². The molecule has 0 rings (SSSR count). The largest absolute Gasteiger partial charge is 0.450 e. The zero-order valence-corrected chi connectivity index (χ0v) is 8.84. The van der Waals surface area contributed by atoms with Crippen LogP contribution in [0.4, 0.5) is 4.79 Å². The highest BCUT2D eigenvalue weighted by atomic mass is 16.5. The molecule has 0 saturated heterocycles. The minimum atomic E-state index is -0.682. The molecule has 0 aliphatic rings. The standard InChI is InChI=1S/C5H11NO2.C4H10O/c1-2-3-4-8-5(6)7;1-3-5-4-2/h2-4H2,1H3,(H2,6,7);3-4H2,1-2H3. The van der Waals surface area contributed by atoms with Crippen molar-refractivity contribution in [2.75, 3.05) is 19.8 Å². The molecule has 80 valence electrons. The second-order valence-electron chi connectivity index (χ2n) is 2.30. The van der Waals surface area contributed by atoms with Gasteiger partial charge < -0.3 is 15.2 Å².